The lowest BCUT2D eigenvalue weighted by molar-refractivity contribution is -0.140. The van der Waals surface area contributed by atoms with Crippen molar-refractivity contribution in [3.8, 4) is 11.4 Å². The molecular formula is C21H22N4O3. The summed E-state index contributed by atoms with van der Waals surface area (Å²) in [6.45, 7) is 0.124. The quantitative estimate of drug-likeness (QED) is 0.808. The van der Waals surface area contributed by atoms with Gasteiger partial charge in [0.25, 0.3) is 0 Å². The molecule has 2 unspecified atom stereocenters. The number of carbonyl (C=O) groups excluding carboxylic acids is 3. The SMILES string of the molecule is O=C(CCN1C(=O)C2CCCCC2C1=O)Nc1cnc(-c2ccccc2)nc1. The molecule has 1 aromatic heterocycles. The van der Waals surface area contributed by atoms with Crippen molar-refractivity contribution in [2.24, 2.45) is 11.8 Å². The summed E-state index contributed by atoms with van der Waals surface area (Å²) in [5.41, 5.74) is 1.38. The maximum Gasteiger partial charge on any atom is 0.233 e. The number of nitrogens with one attached hydrogen (secondary N) is 1. The maximum atomic E-state index is 12.4. The molecule has 0 spiro atoms. The minimum Gasteiger partial charge on any atom is -0.323 e. The molecule has 1 saturated heterocycles. The summed E-state index contributed by atoms with van der Waals surface area (Å²) >= 11 is 0. The number of benzene rings is 1. The minimum atomic E-state index is -0.272. The Morgan fingerprint density at radius 3 is 2.21 bits per heavy atom. The van der Waals surface area contributed by atoms with Gasteiger partial charge in [-0.2, -0.15) is 0 Å². The van der Waals surface area contributed by atoms with Gasteiger partial charge in [0, 0.05) is 18.5 Å². The fraction of sp³-hybridized carbons (Fsp3) is 0.381. The first-order valence-corrected chi connectivity index (χ1v) is 9.66. The van der Waals surface area contributed by atoms with Gasteiger partial charge in [0.2, 0.25) is 17.7 Å². The number of anilines is 1. The van der Waals surface area contributed by atoms with Crippen molar-refractivity contribution in [2.45, 2.75) is 32.1 Å². The summed E-state index contributed by atoms with van der Waals surface area (Å²) in [4.78, 5) is 46.9. The van der Waals surface area contributed by atoms with Crippen LogP contribution < -0.4 is 5.32 Å². The molecule has 4 rings (SSSR count). The predicted molar refractivity (Wildman–Crippen MR) is 103 cm³/mol. The first kappa shape index (κ1) is 18.3. The third kappa shape index (κ3) is 3.65. The number of nitrogens with zero attached hydrogens (tertiary/aromatic N) is 3. The van der Waals surface area contributed by atoms with Crippen molar-refractivity contribution in [2.75, 3.05) is 11.9 Å². The van der Waals surface area contributed by atoms with E-state index < -0.39 is 0 Å². The predicted octanol–water partition coefficient (Wildman–Crippen LogP) is 2.65. The Balaban J connectivity index is 1.32. The van der Waals surface area contributed by atoms with Gasteiger partial charge in [0.05, 0.1) is 29.9 Å². The average molecular weight is 378 g/mol. The highest BCUT2D eigenvalue weighted by Crippen LogP contribution is 2.37. The van der Waals surface area contributed by atoms with Crippen LogP contribution in [0.4, 0.5) is 5.69 Å². The van der Waals surface area contributed by atoms with Crippen LogP contribution in [-0.2, 0) is 14.4 Å². The smallest absolute Gasteiger partial charge is 0.233 e. The van der Waals surface area contributed by atoms with Gasteiger partial charge in [0.15, 0.2) is 5.82 Å². The number of fused-ring (bicyclic) bond motifs is 1. The Bertz CT molecular complexity index is 858. The number of rotatable bonds is 5. The van der Waals surface area contributed by atoms with Crippen LogP contribution in [0.15, 0.2) is 42.7 Å². The van der Waals surface area contributed by atoms with Crippen molar-refractivity contribution < 1.29 is 14.4 Å². The molecule has 2 fully saturated rings. The average Bonchev–Trinajstić information content (AvgIpc) is 2.98. The summed E-state index contributed by atoms with van der Waals surface area (Å²) in [5.74, 6) is -0.274. The molecule has 2 heterocycles. The van der Waals surface area contributed by atoms with E-state index in [4.69, 9.17) is 0 Å². The van der Waals surface area contributed by atoms with Crippen molar-refractivity contribution in [3.05, 3.63) is 42.7 Å². The second kappa shape index (κ2) is 7.88. The summed E-state index contributed by atoms with van der Waals surface area (Å²) in [6.07, 6.45) is 6.71. The third-order valence-corrected chi connectivity index (χ3v) is 5.46. The highest BCUT2D eigenvalue weighted by atomic mass is 16.2. The minimum absolute atomic E-state index is 0.0668. The molecule has 1 N–H and O–H groups in total. The summed E-state index contributed by atoms with van der Waals surface area (Å²) in [5, 5.41) is 2.72. The zero-order valence-electron chi connectivity index (χ0n) is 15.5. The molecule has 0 bridgehead atoms. The van der Waals surface area contributed by atoms with Gasteiger partial charge in [-0.1, -0.05) is 43.2 Å². The van der Waals surface area contributed by atoms with E-state index in [9.17, 15) is 14.4 Å². The van der Waals surface area contributed by atoms with E-state index in [1.54, 1.807) is 12.4 Å². The number of carbonyl (C=O) groups is 3. The Labute approximate surface area is 163 Å². The van der Waals surface area contributed by atoms with Crippen molar-refractivity contribution >= 4 is 23.4 Å². The van der Waals surface area contributed by atoms with Crippen LogP contribution in [0.1, 0.15) is 32.1 Å². The zero-order chi connectivity index (χ0) is 19.5. The lowest BCUT2D eigenvalue weighted by Gasteiger charge is -2.19. The maximum absolute atomic E-state index is 12.4. The van der Waals surface area contributed by atoms with Gasteiger partial charge in [-0.05, 0) is 12.8 Å². The molecule has 144 valence electrons. The molecule has 28 heavy (non-hydrogen) atoms. The number of aromatic nitrogens is 2. The van der Waals surface area contributed by atoms with E-state index in [2.05, 4.69) is 15.3 Å². The van der Waals surface area contributed by atoms with Gasteiger partial charge < -0.3 is 5.32 Å². The lowest BCUT2D eigenvalue weighted by Crippen LogP contribution is -2.34. The molecule has 7 nitrogen and oxygen atoms in total. The molecule has 2 atom stereocenters. The third-order valence-electron chi connectivity index (χ3n) is 5.46. The topological polar surface area (TPSA) is 92.3 Å². The molecule has 1 aromatic carbocycles. The van der Waals surface area contributed by atoms with Gasteiger partial charge in [0.1, 0.15) is 0 Å². The van der Waals surface area contributed by atoms with E-state index in [0.717, 1.165) is 31.2 Å². The van der Waals surface area contributed by atoms with Crippen LogP contribution in [0.5, 0.6) is 0 Å². The molecule has 7 heteroatoms. The number of likely N-dealkylation sites (tertiary alicyclic amines) is 1. The van der Waals surface area contributed by atoms with Crippen LogP contribution in [0.3, 0.4) is 0 Å². The second-order valence-corrected chi connectivity index (χ2v) is 7.29. The Morgan fingerprint density at radius 1 is 1.00 bits per heavy atom. The van der Waals surface area contributed by atoms with Crippen LogP contribution in [-0.4, -0.2) is 39.1 Å². The normalized spacial score (nSPS) is 21.5. The molecule has 3 amide bonds. The Morgan fingerprint density at radius 2 is 1.61 bits per heavy atom. The summed E-state index contributed by atoms with van der Waals surface area (Å²) in [6, 6.07) is 9.56. The summed E-state index contributed by atoms with van der Waals surface area (Å²) in [7, 11) is 0. The van der Waals surface area contributed by atoms with E-state index in [1.807, 2.05) is 30.3 Å². The van der Waals surface area contributed by atoms with E-state index in [0.29, 0.717) is 11.5 Å². The highest BCUT2D eigenvalue weighted by molar-refractivity contribution is 6.05. The summed E-state index contributed by atoms with van der Waals surface area (Å²) < 4.78 is 0. The van der Waals surface area contributed by atoms with E-state index in [1.165, 1.54) is 4.90 Å². The standard InChI is InChI=1S/C21H22N4O3/c26-18(10-11-25-20(27)16-8-4-5-9-17(16)21(25)28)24-15-12-22-19(23-13-15)14-6-2-1-3-7-14/h1-3,6-7,12-13,16-17H,4-5,8-11H2,(H,24,26). The molecular weight excluding hydrogens is 356 g/mol. The molecule has 1 saturated carbocycles. The lowest BCUT2D eigenvalue weighted by atomic mass is 9.81. The van der Waals surface area contributed by atoms with Crippen molar-refractivity contribution in [3.63, 3.8) is 0 Å². The fourth-order valence-electron chi connectivity index (χ4n) is 4.02. The first-order chi connectivity index (χ1) is 13.6. The first-order valence-electron chi connectivity index (χ1n) is 9.66. The highest BCUT2D eigenvalue weighted by Gasteiger charge is 2.47. The van der Waals surface area contributed by atoms with Gasteiger partial charge in [-0.15, -0.1) is 0 Å². The van der Waals surface area contributed by atoms with E-state index >= 15 is 0 Å². The number of imide groups is 1. The van der Waals surface area contributed by atoms with Gasteiger partial charge in [-0.3, -0.25) is 19.3 Å². The van der Waals surface area contributed by atoms with Crippen molar-refractivity contribution in [1.82, 2.24) is 14.9 Å². The van der Waals surface area contributed by atoms with Gasteiger partial charge >= 0.3 is 0 Å². The van der Waals surface area contributed by atoms with Crippen LogP contribution in [0.2, 0.25) is 0 Å². The second-order valence-electron chi connectivity index (χ2n) is 7.29. The van der Waals surface area contributed by atoms with Crippen LogP contribution in [0.25, 0.3) is 11.4 Å². The fourth-order valence-corrected chi connectivity index (χ4v) is 4.02. The van der Waals surface area contributed by atoms with Crippen molar-refractivity contribution in [1.29, 1.82) is 0 Å². The number of hydrogen-bond acceptors (Lipinski definition) is 5. The molecule has 2 aliphatic rings. The molecule has 1 aliphatic carbocycles. The van der Waals surface area contributed by atoms with E-state index in [-0.39, 0.29) is 42.5 Å². The largest absolute Gasteiger partial charge is 0.323 e. The molecule has 0 radical (unpaired) electrons. The Hall–Kier alpha value is -3.09. The number of hydrogen-bond donors (Lipinski definition) is 1. The zero-order valence-corrected chi connectivity index (χ0v) is 15.5. The molecule has 1 aliphatic heterocycles. The number of amides is 3. The molecule has 2 aromatic rings. The van der Waals surface area contributed by atoms with Crippen LogP contribution in [0, 0.1) is 11.8 Å². The monoisotopic (exact) mass is 378 g/mol. The van der Waals surface area contributed by atoms with Gasteiger partial charge in [-0.25, -0.2) is 9.97 Å². The Kier molecular flexibility index (Phi) is 5.14. The van der Waals surface area contributed by atoms with Crippen LogP contribution >= 0.6 is 0 Å².